The summed E-state index contributed by atoms with van der Waals surface area (Å²) in [5.41, 5.74) is 6.95. The number of thioether (sulfide) groups is 1. The highest BCUT2D eigenvalue weighted by atomic mass is 35.5. The predicted molar refractivity (Wildman–Crippen MR) is 94.8 cm³/mol. The number of benzene rings is 1. The van der Waals surface area contributed by atoms with Gasteiger partial charge in [-0.2, -0.15) is 0 Å². The fraction of sp³-hybridized carbons (Fsp3) is 0.588. The van der Waals surface area contributed by atoms with Crippen molar-refractivity contribution in [2.75, 3.05) is 13.1 Å². The van der Waals surface area contributed by atoms with Crippen molar-refractivity contribution < 1.29 is 4.79 Å². The van der Waals surface area contributed by atoms with Crippen molar-refractivity contribution in [1.82, 2.24) is 4.90 Å². The van der Waals surface area contributed by atoms with E-state index in [9.17, 15) is 4.79 Å². The molecule has 2 N–H and O–H groups in total. The highest BCUT2D eigenvalue weighted by molar-refractivity contribution is 7.99. The molecule has 2 aliphatic rings. The average Bonchev–Trinajstić information content (AvgIpc) is 3.01. The summed E-state index contributed by atoms with van der Waals surface area (Å²) in [5.74, 6) is 1.31. The van der Waals surface area contributed by atoms with Gasteiger partial charge in [0.2, 0.25) is 0 Å². The Morgan fingerprint density at radius 3 is 2.50 bits per heavy atom. The van der Waals surface area contributed by atoms with Gasteiger partial charge in [-0.05, 0) is 48.9 Å². The Balaban J connectivity index is 0.00000176. The molecule has 3 rings (SSSR count). The molecule has 1 saturated heterocycles. The van der Waals surface area contributed by atoms with Gasteiger partial charge in [0.1, 0.15) is 0 Å². The molecule has 0 spiro atoms. The molecule has 1 aliphatic heterocycles. The number of hydrogen-bond acceptors (Lipinski definition) is 3. The van der Waals surface area contributed by atoms with Gasteiger partial charge in [-0.1, -0.05) is 13.8 Å². The van der Waals surface area contributed by atoms with Gasteiger partial charge in [0.15, 0.2) is 0 Å². The van der Waals surface area contributed by atoms with Crippen molar-refractivity contribution in [2.24, 2.45) is 17.6 Å². The van der Waals surface area contributed by atoms with Gasteiger partial charge in [-0.15, -0.1) is 24.2 Å². The second-order valence-electron chi connectivity index (χ2n) is 6.57. The molecular formula is C17H25ClN2OS. The molecule has 1 aromatic carbocycles. The lowest BCUT2D eigenvalue weighted by atomic mass is 9.98. The highest BCUT2D eigenvalue weighted by Gasteiger charge is 2.42. The quantitative estimate of drug-likeness (QED) is 0.857. The minimum Gasteiger partial charge on any atom is -0.338 e. The smallest absolute Gasteiger partial charge is 0.253 e. The second-order valence-corrected chi connectivity index (χ2v) is 8.22. The van der Waals surface area contributed by atoms with Crippen molar-refractivity contribution in [3.05, 3.63) is 29.8 Å². The maximum atomic E-state index is 12.6. The Hall–Kier alpha value is -0.710. The summed E-state index contributed by atoms with van der Waals surface area (Å²) in [6, 6.07) is 8.32. The van der Waals surface area contributed by atoms with E-state index in [0.717, 1.165) is 25.1 Å². The lowest BCUT2D eigenvalue weighted by Crippen LogP contribution is -2.33. The van der Waals surface area contributed by atoms with Crippen LogP contribution in [0.3, 0.4) is 0 Å². The largest absolute Gasteiger partial charge is 0.338 e. The Bertz CT molecular complexity index is 520. The fourth-order valence-electron chi connectivity index (χ4n) is 3.60. The number of likely N-dealkylation sites (tertiary alicyclic amines) is 1. The Morgan fingerprint density at radius 1 is 1.23 bits per heavy atom. The first-order chi connectivity index (χ1) is 10.0. The number of carbonyl (C=O) groups excluding carboxylic acids is 1. The van der Waals surface area contributed by atoms with E-state index in [1.165, 1.54) is 11.3 Å². The number of nitrogens with zero attached hydrogens (tertiary/aromatic N) is 1. The zero-order chi connectivity index (χ0) is 15.0. The summed E-state index contributed by atoms with van der Waals surface area (Å²) in [5, 5.41) is 0.561. The van der Waals surface area contributed by atoms with Crippen LogP contribution >= 0.6 is 24.2 Å². The minimum absolute atomic E-state index is 0. The van der Waals surface area contributed by atoms with Gasteiger partial charge in [0.05, 0.1) is 0 Å². The molecule has 0 radical (unpaired) electrons. The van der Waals surface area contributed by atoms with Gasteiger partial charge in [-0.3, -0.25) is 4.79 Å². The van der Waals surface area contributed by atoms with E-state index < -0.39 is 0 Å². The number of halogens is 1. The molecule has 0 aromatic heterocycles. The van der Waals surface area contributed by atoms with Crippen LogP contribution in [0.1, 0.15) is 37.0 Å². The highest BCUT2D eigenvalue weighted by Crippen LogP contribution is 2.37. The summed E-state index contributed by atoms with van der Waals surface area (Å²) in [4.78, 5) is 15.8. The molecular weight excluding hydrogens is 316 g/mol. The van der Waals surface area contributed by atoms with Gasteiger partial charge >= 0.3 is 0 Å². The van der Waals surface area contributed by atoms with E-state index in [1.54, 1.807) is 0 Å². The molecule has 1 aliphatic carbocycles. The van der Waals surface area contributed by atoms with Crippen LogP contribution in [-0.2, 0) is 0 Å². The minimum atomic E-state index is 0. The van der Waals surface area contributed by atoms with E-state index in [1.807, 2.05) is 28.8 Å². The van der Waals surface area contributed by atoms with Crippen molar-refractivity contribution in [3.8, 4) is 0 Å². The third-order valence-electron chi connectivity index (χ3n) is 4.67. The zero-order valence-electron chi connectivity index (χ0n) is 13.2. The Kier molecular flexibility index (Phi) is 5.81. The topological polar surface area (TPSA) is 46.3 Å². The molecule has 1 saturated carbocycles. The SMILES string of the molecule is CC(C)Sc1ccc(C(=O)N2CC3CCC(N)C3C2)cc1.Cl. The standard InChI is InChI=1S/C17H24N2OS.ClH/c1-11(2)21-14-6-3-12(4-7-14)17(20)19-9-13-5-8-16(18)15(13)10-19;/h3-4,6-7,11,13,15-16H,5,8-10,18H2,1-2H3;1H. The number of hydrogen-bond donors (Lipinski definition) is 1. The van der Waals surface area contributed by atoms with E-state index in [-0.39, 0.29) is 24.4 Å². The number of carbonyl (C=O) groups is 1. The van der Waals surface area contributed by atoms with Crippen LogP contribution in [-0.4, -0.2) is 35.2 Å². The number of amides is 1. The van der Waals surface area contributed by atoms with Crippen molar-refractivity contribution in [3.63, 3.8) is 0 Å². The monoisotopic (exact) mass is 340 g/mol. The third-order valence-corrected chi connectivity index (χ3v) is 5.69. The van der Waals surface area contributed by atoms with Crippen LogP contribution < -0.4 is 5.73 Å². The first kappa shape index (κ1) is 17.6. The summed E-state index contributed by atoms with van der Waals surface area (Å²) >= 11 is 1.82. The molecule has 1 amide bonds. The molecule has 1 aromatic rings. The van der Waals surface area contributed by atoms with Crippen molar-refractivity contribution >= 4 is 30.1 Å². The number of rotatable bonds is 3. The van der Waals surface area contributed by atoms with E-state index in [2.05, 4.69) is 26.0 Å². The molecule has 3 unspecified atom stereocenters. The first-order valence-corrected chi connectivity index (χ1v) is 8.74. The number of nitrogens with two attached hydrogens (primary N) is 1. The van der Waals surface area contributed by atoms with Crippen molar-refractivity contribution in [2.45, 2.75) is 42.9 Å². The average molecular weight is 341 g/mol. The Labute approximate surface area is 143 Å². The van der Waals surface area contributed by atoms with Crippen LogP contribution in [0.4, 0.5) is 0 Å². The molecule has 0 bridgehead atoms. The third kappa shape index (κ3) is 3.61. The molecule has 2 fully saturated rings. The lowest BCUT2D eigenvalue weighted by Gasteiger charge is -2.19. The molecule has 3 nitrogen and oxygen atoms in total. The second kappa shape index (κ2) is 7.24. The van der Waals surface area contributed by atoms with Crippen LogP contribution in [0.5, 0.6) is 0 Å². The van der Waals surface area contributed by atoms with Crippen LogP contribution in [0.15, 0.2) is 29.2 Å². The first-order valence-electron chi connectivity index (χ1n) is 7.86. The maximum Gasteiger partial charge on any atom is 0.253 e. The summed E-state index contributed by atoms with van der Waals surface area (Å²) in [6.07, 6.45) is 2.30. The van der Waals surface area contributed by atoms with E-state index >= 15 is 0 Å². The molecule has 122 valence electrons. The van der Waals surface area contributed by atoms with E-state index in [4.69, 9.17) is 5.73 Å². The summed E-state index contributed by atoms with van der Waals surface area (Å²) in [7, 11) is 0. The van der Waals surface area contributed by atoms with Gasteiger partial charge in [0.25, 0.3) is 5.91 Å². The van der Waals surface area contributed by atoms with Crippen LogP contribution in [0, 0.1) is 11.8 Å². The van der Waals surface area contributed by atoms with Crippen molar-refractivity contribution in [1.29, 1.82) is 0 Å². The molecule has 22 heavy (non-hydrogen) atoms. The number of fused-ring (bicyclic) bond motifs is 1. The van der Waals surface area contributed by atoms with Gasteiger partial charge < -0.3 is 10.6 Å². The maximum absolute atomic E-state index is 12.6. The summed E-state index contributed by atoms with van der Waals surface area (Å²) < 4.78 is 0. The van der Waals surface area contributed by atoms with Gasteiger partial charge in [-0.25, -0.2) is 0 Å². The molecule has 3 atom stereocenters. The van der Waals surface area contributed by atoms with Crippen LogP contribution in [0.2, 0.25) is 0 Å². The fourth-order valence-corrected chi connectivity index (χ4v) is 4.44. The molecule has 1 heterocycles. The lowest BCUT2D eigenvalue weighted by molar-refractivity contribution is 0.0779. The van der Waals surface area contributed by atoms with Gasteiger partial charge in [0, 0.05) is 34.8 Å². The zero-order valence-corrected chi connectivity index (χ0v) is 14.8. The van der Waals surface area contributed by atoms with E-state index in [0.29, 0.717) is 17.1 Å². The summed E-state index contributed by atoms with van der Waals surface area (Å²) in [6.45, 7) is 6.08. The van der Waals surface area contributed by atoms with Crippen LogP contribution in [0.25, 0.3) is 0 Å². The predicted octanol–water partition coefficient (Wildman–Crippen LogP) is 3.42. The normalized spacial score (nSPS) is 26.9. The molecule has 5 heteroatoms. The Morgan fingerprint density at radius 2 is 1.91 bits per heavy atom.